The number of rotatable bonds is 3. The summed E-state index contributed by atoms with van der Waals surface area (Å²) >= 11 is 6.08. The zero-order chi connectivity index (χ0) is 19.8. The maximum atomic E-state index is 13.0. The molecule has 0 fully saturated rings. The van der Waals surface area contributed by atoms with Crippen LogP contribution in [0.3, 0.4) is 0 Å². The van der Waals surface area contributed by atoms with Crippen LogP contribution in [0.5, 0.6) is 0 Å². The maximum absolute atomic E-state index is 13.0. The van der Waals surface area contributed by atoms with Crippen LogP contribution in [0.25, 0.3) is 5.69 Å². The summed E-state index contributed by atoms with van der Waals surface area (Å²) in [5.74, 6) is -0.272. The highest BCUT2D eigenvalue weighted by molar-refractivity contribution is 6.32. The normalized spacial score (nSPS) is 11.5. The molecular formula is C18H14ClF3N4O. The standard InChI is InChI=1S/C18H14ClF3N4O/c1-10-3-4-12(9-23-10)17(27)24-16-7-11(2)25-26(16)15-8-13(18(20,21)22)5-6-14(15)19/h3-9H,1-2H3,(H,24,27). The third kappa shape index (κ3) is 4.11. The van der Waals surface area contributed by atoms with Gasteiger partial charge in [0.15, 0.2) is 0 Å². The summed E-state index contributed by atoms with van der Waals surface area (Å²) in [6.45, 7) is 3.44. The number of alkyl halides is 3. The van der Waals surface area contributed by atoms with Crippen molar-refractivity contribution in [1.82, 2.24) is 14.8 Å². The van der Waals surface area contributed by atoms with Crippen LogP contribution in [0.15, 0.2) is 42.6 Å². The Morgan fingerprint density at radius 2 is 1.85 bits per heavy atom. The Morgan fingerprint density at radius 1 is 1.11 bits per heavy atom. The van der Waals surface area contributed by atoms with E-state index in [4.69, 9.17) is 11.6 Å². The second-order valence-corrected chi connectivity index (χ2v) is 6.30. The molecule has 0 saturated carbocycles. The van der Waals surface area contributed by atoms with Gasteiger partial charge in [0.1, 0.15) is 5.82 Å². The predicted molar refractivity (Wildman–Crippen MR) is 95.2 cm³/mol. The number of aryl methyl sites for hydroxylation is 2. The number of nitrogens with one attached hydrogen (secondary N) is 1. The second-order valence-electron chi connectivity index (χ2n) is 5.89. The van der Waals surface area contributed by atoms with Crippen molar-refractivity contribution in [2.24, 2.45) is 0 Å². The number of halogens is 4. The highest BCUT2D eigenvalue weighted by Gasteiger charge is 2.31. The van der Waals surface area contributed by atoms with Crippen LogP contribution in [0.1, 0.15) is 27.3 Å². The molecule has 0 atom stereocenters. The minimum absolute atomic E-state index is 0.0110. The third-order valence-corrected chi connectivity index (χ3v) is 4.07. The largest absolute Gasteiger partial charge is 0.416 e. The smallest absolute Gasteiger partial charge is 0.306 e. The number of carbonyl (C=O) groups is 1. The first-order valence-corrected chi connectivity index (χ1v) is 8.21. The summed E-state index contributed by atoms with van der Waals surface area (Å²) in [6.07, 6.45) is -3.12. The Labute approximate surface area is 157 Å². The van der Waals surface area contributed by atoms with Gasteiger partial charge in [-0.15, -0.1) is 0 Å². The number of amides is 1. The van der Waals surface area contributed by atoms with E-state index in [0.29, 0.717) is 11.3 Å². The Balaban J connectivity index is 1.99. The van der Waals surface area contributed by atoms with Crippen molar-refractivity contribution in [3.8, 4) is 5.69 Å². The third-order valence-electron chi connectivity index (χ3n) is 3.75. The number of hydrogen-bond donors (Lipinski definition) is 1. The lowest BCUT2D eigenvalue weighted by molar-refractivity contribution is -0.137. The first-order chi connectivity index (χ1) is 12.6. The van der Waals surface area contributed by atoms with E-state index in [1.54, 1.807) is 26.0 Å². The molecule has 3 rings (SSSR count). The lowest BCUT2D eigenvalue weighted by Gasteiger charge is -2.13. The van der Waals surface area contributed by atoms with E-state index in [1.807, 2.05) is 0 Å². The van der Waals surface area contributed by atoms with Gasteiger partial charge in [-0.05, 0) is 44.2 Å². The van der Waals surface area contributed by atoms with E-state index in [0.717, 1.165) is 23.9 Å². The van der Waals surface area contributed by atoms with Crippen LogP contribution >= 0.6 is 11.6 Å². The maximum Gasteiger partial charge on any atom is 0.416 e. The fraction of sp³-hybridized carbons (Fsp3) is 0.167. The second kappa shape index (κ2) is 7.03. The molecule has 1 N–H and O–H groups in total. The molecule has 5 nitrogen and oxygen atoms in total. The van der Waals surface area contributed by atoms with Gasteiger partial charge in [-0.3, -0.25) is 9.78 Å². The van der Waals surface area contributed by atoms with Crippen molar-refractivity contribution < 1.29 is 18.0 Å². The summed E-state index contributed by atoms with van der Waals surface area (Å²) in [4.78, 5) is 16.5. The lowest BCUT2D eigenvalue weighted by atomic mass is 10.2. The monoisotopic (exact) mass is 394 g/mol. The fourth-order valence-corrected chi connectivity index (χ4v) is 2.61. The van der Waals surface area contributed by atoms with Crippen molar-refractivity contribution in [2.45, 2.75) is 20.0 Å². The number of aromatic nitrogens is 3. The predicted octanol–water partition coefficient (Wildman–Crippen LogP) is 4.81. The first-order valence-electron chi connectivity index (χ1n) is 7.83. The SMILES string of the molecule is Cc1ccc(C(=O)Nc2cc(C)nn2-c2cc(C(F)(F)F)ccc2Cl)cn1. The van der Waals surface area contributed by atoms with Crippen LogP contribution in [-0.2, 0) is 6.18 Å². The van der Waals surface area contributed by atoms with Gasteiger partial charge in [-0.2, -0.15) is 18.3 Å². The summed E-state index contributed by atoms with van der Waals surface area (Å²) in [5.41, 5.74) is 0.706. The van der Waals surface area contributed by atoms with E-state index in [-0.39, 0.29) is 16.5 Å². The Morgan fingerprint density at radius 3 is 2.48 bits per heavy atom. The molecule has 0 bridgehead atoms. The molecule has 0 aliphatic heterocycles. The molecule has 3 aromatic rings. The molecule has 9 heteroatoms. The first kappa shape index (κ1) is 18.9. The van der Waals surface area contributed by atoms with Crippen LogP contribution in [0.4, 0.5) is 19.0 Å². The topological polar surface area (TPSA) is 59.8 Å². The quantitative estimate of drug-likeness (QED) is 0.693. The van der Waals surface area contributed by atoms with Crippen molar-refractivity contribution in [2.75, 3.05) is 5.32 Å². The molecule has 2 heterocycles. The number of benzene rings is 1. The molecule has 0 aliphatic rings. The van der Waals surface area contributed by atoms with Crippen molar-refractivity contribution in [1.29, 1.82) is 0 Å². The number of anilines is 1. The Hall–Kier alpha value is -2.87. The minimum Gasteiger partial charge on any atom is -0.306 e. The highest BCUT2D eigenvalue weighted by Crippen LogP contribution is 2.34. The number of pyridine rings is 1. The molecule has 1 aromatic carbocycles. The van der Waals surface area contributed by atoms with E-state index in [9.17, 15) is 18.0 Å². The lowest BCUT2D eigenvalue weighted by Crippen LogP contribution is -2.16. The van der Waals surface area contributed by atoms with Crippen LogP contribution < -0.4 is 5.32 Å². The fourth-order valence-electron chi connectivity index (χ4n) is 2.41. The molecule has 2 aromatic heterocycles. The molecule has 0 saturated heterocycles. The highest BCUT2D eigenvalue weighted by atomic mass is 35.5. The molecule has 0 aliphatic carbocycles. The average Bonchev–Trinajstić information content (AvgIpc) is 2.95. The molecule has 140 valence electrons. The van der Waals surface area contributed by atoms with E-state index in [1.165, 1.54) is 16.9 Å². The van der Waals surface area contributed by atoms with Crippen molar-refractivity contribution >= 4 is 23.3 Å². The molecule has 1 amide bonds. The average molecular weight is 395 g/mol. The number of carbonyl (C=O) groups excluding carboxylic acids is 1. The van der Waals surface area contributed by atoms with Gasteiger partial charge in [0.25, 0.3) is 5.91 Å². The zero-order valence-corrected chi connectivity index (χ0v) is 15.1. The van der Waals surface area contributed by atoms with Gasteiger partial charge < -0.3 is 5.32 Å². The zero-order valence-electron chi connectivity index (χ0n) is 14.3. The Bertz CT molecular complexity index is 997. The molecule has 0 spiro atoms. The molecule has 27 heavy (non-hydrogen) atoms. The summed E-state index contributed by atoms with van der Waals surface area (Å²) in [5, 5.41) is 6.86. The van der Waals surface area contributed by atoms with Crippen molar-refractivity contribution in [3.05, 3.63) is 70.1 Å². The number of nitrogens with zero attached hydrogens (tertiary/aromatic N) is 3. The van der Waals surface area contributed by atoms with E-state index in [2.05, 4.69) is 15.4 Å². The molecule has 0 radical (unpaired) electrons. The van der Waals surface area contributed by atoms with Crippen molar-refractivity contribution in [3.63, 3.8) is 0 Å². The van der Waals surface area contributed by atoms with Crippen LogP contribution in [-0.4, -0.2) is 20.7 Å². The minimum atomic E-state index is -4.53. The summed E-state index contributed by atoms with van der Waals surface area (Å²) < 4.78 is 40.3. The summed E-state index contributed by atoms with van der Waals surface area (Å²) in [6, 6.07) is 7.74. The van der Waals surface area contributed by atoms with Gasteiger partial charge in [0.05, 0.1) is 27.5 Å². The van der Waals surface area contributed by atoms with Gasteiger partial charge >= 0.3 is 6.18 Å². The molecular weight excluding hydrogens is 381 g/mol. The van der Waals surface area contributed by atoms with Crippen LogP contribution in [0.2, 0.25) is 5.02 Å². The van der Waals surface area contributed by atoms with Gasteiger partial charge in [0.2, 0.25) is 0 Å². The summed E-state index contributed by atoms with van der Waals surface area (Å²) in [7, 11) is 0. The molecule has 0 unspecified atom stereocenters. The number of hydrogen-bond acceptors (Lipinski definition) is 3. The Kier molecular flexibility index (Phi) is 4.93. The van der Waals surface area contributed by atoms with E-state index >= 15 is 0 Å². The van der Waals surface area contributed by atoms with Crippen LogP contribution in [0, 0.1) is 13.8 Å². The van der Waals surface area contributed by atoms with E-state index < -0.39 is 17.6 Å². The van der Waals surface area contributed by atoms with Gasteiger partial charge in [0, 0.05) is 18.0 Å². The van der Waals surface area contributed by atoms with Gasteiger partial charge in [-0.1, -0.05) is 11.6 Å². The van der Waals surface area contributed by atoms with Gasteiger partial charge in [-0.25, -0.2) is 4.68 Å².